The summed E-state index contributed by atoms with van der Waals surface area (Å²) >= 11 is 0. The van der Waals surface area contributed by atoms with Gasteiger partial charge >= 0.3 is 0 Å². The molecule has 2 aromatic rings. The summed E-state index contributed by atoms with van der Waals surface area (Å²) in [6.45, 7) is 6.80. The molecule has 3 unspecified atom stereocenters. The maximum atomic E-state index is 12.9. The van der Waals surface area contributed by atoms with Gasteiger partial charge in [-0.15, -0.1) is 0 Å². The maximum Gasteiger partial charge on any atom is 0.255 e. The fourth-order valence-corrected chi connectivity index (χ4v) is 4.99. The lowest BCUT2D eigenvalue weighted by molar-refractivity contribution is -0.126. The van der Waals surface area contributed by atoms with Crippen LogP contribution in [0.3, 0.4) is 0 Å². The smallest absolute Gasteiger partial charge is 0.255 e. The molecule has 7 heteroatoms. The molecule has 7 nitrogen and oxygen atoms in total. The van der Waals surface area contributed by atoms with E-state index >= 15 is 0 Å². The van der Waals surface area contributed by atoms with Gasteiger partial charge in [-0.3, -0.25) is 14.5 Å². The topological polar surface area (TPSA) is 87.9 Å². The van der Waals surface area contributed by atoms with Crippen molar-refractivity contribution < 1.29 is 14.3 Å². The quantitative estimate of drug-likeness (QED) is 0.737. The van der Waals surface area contributed by atoms with Crippen LogP contribution in [0.4, 0.5) is 0 Å². The number of carbonyl (C=O) groups is 2. The molecule has 3 aliphatic rings. The Morgan fingerprint density at radius 2 is 1.94 bits per heavy atom. The number of rotatable bonds is 5. The number of ether oxygens (including phenoxy) is 1. The highest BCUT2D eigenvalue weighted by Gasteiger charge is 2.38. The number of amides is 2. The van der Waals surface area contributed by atoms with E-state index in [1.807, 2.05) is 24.3 Å². The first kappa shape index (κ1) is 21.7. The molecule has 3 N–H and O–H groups in total. The molecule has 0 aromatic heterocycles. The van der Waals surface area contributed by atoms with Crippen LogP contribution in [0.1, 0.15) is 40.7 Å². The van der Waals surface area contributed by atoms with Crippen molar-refractivity contribution in [1.29, 1.82) is 0 Å². The van der Waals surface area contributed by atoms with E-state index in [2.05, 4.69) is 41.1 Å². The number of fused-ring (bicyclic) bond motifs is 1. The third-order valence-electron chi connectivity index (χ3n) is 6.84. The molecule has 3 aliphatic heterocycles. The molecular formula is C26H30N4O3. The summed E-state index contributed by atoms with van der Waals surface area (Å²) in [5, 5.41) is 2.77. The van der Waals surface area contributed by atoms with Crippen LogP contribution in [0.25, 0.3) is 0 Å². The molecule has 5 rings (SSSR count). The summed E-state index contributed by atoms with van der Waals surface area (Å²) < 4.78 is 6.32. The average molecular weight is 447 g/mol. The van der Waals surface area contributed by atoms with Crippen LogP contribution >= 0.6 is 0 Å². The molecule has 3 atom stereocenters. The minimum Gasteiger partial charge on any atom is -0.487 e. The Balaban J connectivity index is 1.26. The Labute approximate surface area is 194 Å². The van der Waals surface area contributed by atoms with Crippen LogP contribution in [0.5, 0.6) is 5.75 Å². The molecule has 0 aliphatic carbocycles. The van der Waals surface area contributed by atoms with E-state index in [1.54, 1.807) is 4.90 Å². The normalized spacial score (nSPS) is 25.7. The van der Waals surface area contributed by atoms with Gasteiger partial charge < -0.3 is 20.7 Å². The second-order valence-electron chi connectivity index (χ2n) is 9.23. The van der Waals surface area contributed by atoms with E-state index in [-0.39, 0.29) is 24.0 Å². The van der Waals surface area contributed by atoms with E-state index < -0.39 is 6.04 Å². The summed E-state index contributed by atoms with van der Waals surface area (Å²) in [6, 6.07) is 15.5. The number of benzene rings is 2. The van der Waals surface area contributed by atoms with Crippen LogP contribution in [0, 0.1) is 0 Å². The molecule has 3 heterocycles. The van der Waals surface area contributed by atoms with Crippen LogP contribution in [-0.4, -0.2) is 52.9 Å². The molecule has 0 spiro atoms. The lowest BCUT2D eigenvalue weighted by Crippen LogP contribution is -2.52. The summed E-state index contributed by atoms with van der Waals surface area (Å²) in [6.07, 6.45) is 2.03. The zero-order valence-corrected chi connectivity index (χ0v) is 18.7. The highest BCUT2D eigenvalue weighted by atomic mass is 16.5. The lowest BCUT2D eigenvalue weighted by atomic mass is 10.0. The van der Waals surface area contributed by atoms with Crippen molar-refractivity contribution in [3.63, 3.8) is 0 Å². The van der Waals surface area contributed by atoms with E-state index in [0.29, 0.717) is 36.4 Å². The van der Waals surface area contributed by atoms with Gasteiger partial charge in [-0.2, -0.15) is 0 Å². The van der Waals surface area contributed by atoms with Crippen molar-refractivity contribution in [3.8, 4) is 5.75 Å². The van der Waals surface area contributed by atoms with Gasteiger partial charge in [0.05, 0.1) is 0 Å². The minimum absolute atomic E-state index is 0.0394. The van der Waals surface area contributed by atoms with Crippen LogP contribution in [-0.2, 0) is 17.9 Å². The number of likely N-dealkylation sites (tertiary alicyclic amines) is 1. The van der Waals surface area contributed by atoms with E-state index in [0.717, 1.165) is 31.6 Å². The molecule has 0 radical (unpaired) electrons. The first-order valence-electron chi connectivity index (χ1n) is 11.6. The van der Waals surface area contributed by atoms with Crippen molar-refractivity contribution in [3.05, 3.63) is 77.5 Å². The van der Waals surface area contributed by atoms with Gasteiger partial charge in [0.2, 0.25) is 5.91 Å². The van der Waals surface area contributed by atoms with E-state index in [4.69, 9.17) is 10.5 Å². The van der Waals surface area contributed by atoms with Gasteiger partial charge in [-0.25, -0.2) is 0 Å². The molecule has 0 saturated carbocycles. The monoisotopic (exact) mass is 446 g/mol. The van der Waals surface area contributed by atoms with Gasteiger partial charge in [0.1, 0.15) is 17.9 Å². The summed E-state index contributed by atoms with van der Waals surface area (Å²) in [7, 11) is 0. The Hall–Kier alpha value is -3.16. The number of nitrogens with zero attached hydrogens (tertiary/aromatic N) is 2. The van der Waals surface area contributed by atoms with Gasteiger partial charge in [-0.1, -0.05) is 36.9 Å². The number of hydrogen-bond donors (Lipinski definition) is 2. The van der Waals surface area contributed by atoms with Crippen molar-refractivity contribution >= 4 is 11.8 Å². The van der Waals surface area contributed by atoms with E-state index in [1.165, 1.54) is 5.56 Å². The second-order valence-corrected chi connectivity index (χ2v) is 9.23. The number of nitrogens with two attached hydrogens (primary N) is 1. The van der Waals surface area contributed by atoms with Crippen LogP contribution < -0.4 is 15.8 Å². The number of piperidine rings is 2. The summed E-state index contributed by atoms with van der Waals surface area (Å²) in [5.74, 6) is 0.454. The van der Waals surface area contributed by atoms with E-state index in [9.17, 15) is 9.59 Å². The fourth-order valence-electron chi connectivity index (χ4n) is 4.99. The summed E-state index contributed by atoms with van der Waals surface area (Å²) in [5.41, 5.74) is 9.91. The maximum absolute atomic E-state index is 12.9. The predicted molar refractivity (Wildman–Crippen MR) is 125 cm³/mol. The Morgan fingerprint density at radius 1 is 1.12 bits per heavy atom. The first-order valence-corrected chi connectivity index (χ1v) is 11.6. The van der Waals surface area contributed by atoms with Crippen LogP contribution in [0.2, 0.25) is 0 Å². The van der Waals surface area contributed by atoms with Gasteiger partial charge in [0.15, 0.2) is 0 Å². The zero-order chi connectivity index (χ0) is 22.9. The highest BCUT2D eigenvalue weighted by Crippen LogP contribution is 2.31. The largest absolute Gasteiger partial charge is 0.487 e. The molecule has 2 aromatic carbocycles. The lowest BCUT2D eigenvalue weighted by Gasteiger charge is -2.37. The third-order valence-corrected chi connectivity index (χ3v) is 6.84. The molecule has 2 saturated heterocycles. The average Bonchev–Trinajstić information content (AvgIpc) is 3.12. The van der Waals surface area contributed by atoms with Crippen LogP contribution in [0.15, 0.2) is 60.8 Å². The Kier molecular flexibility index (Phi) is 5.91. The standard InChI is InChI=1S/C26H30N4O3/c1-17-7-10-23(25(31)28-17)30-15-19-13-20(8-9-21(19)26(30)32)33-24-16-29(12-11-22(24)27)14-18-5-3-2-4-6-18/h2-6,8-9,13,22-24H,1,7,10-12,14-16,27H2,(H,28,31). The predicted octanol–water partition coefficient (Wildman–Crippen LogP) is 2.42. The zero-order valence-electron chi connectivity index (χ0n) is 18.7. The molecule has 0 bridgehead atoms. The molecule has 33 heavy (non-hydrogen) atoms. The van der Waals surface area contributed by atoms with Gasteiger partial charge in [-0.05, 0) is 48.6 Å². The molecule has 2 amide bonds. The molecule has 172 valence electrons. The van der Waals surface area contributed by atoms with Crippen molar-refractivity contribution in [2.24, 2.45) is 5.73 Å². The van der Waals surface area contributed by atoms with Gasteiger partial charge in [0, 0.05) is 43.5 Å². The summed E-state index contributed by atoms with van der Waals surface area (Å²) in [4.78, 5) is 29.4. The number of carbonyl (C=O) groups excluding carboxylic acids is 2. The minimum atomic E-state index is -0.460. The number of allylic oxidation sites excluding steroid dienone is 1. The number of hydrogen-bond acceptors (Lipinski definition) is 5. The van der Waals surface area contributed by atoms with Gasteiger partial charge in [0.25, 0.3) is 5.91 Å². The number of nitrogens with one attached hydrogen (secondary N) is 1. The van der Waals surface area contributed by atoms with Crippen molar-refractivity contribution in [1.82, 2.24) is 15.1 Å². The third kappa shape index (κ3) is 4.51. The SMILES string of the molecule is C=C1CCC(N2Cc3cc(OC4CN(Cc5ccccc5)CCC4N)ccc3C2=O)C(=O)N1. The fraction of sp³-hybridized carbons (Fsp3) is 0.385. The van der Waals surface area contributed by atoms with Crippen molar-refractivity contribution in [2.75, 3.05) is 13.1 Å². The van der Waals surface area contributed by atoms with Crippen molar-refractivity contribution in [2.45, 2.75) is 50.5 Å². The highest BCUT2D eigenvalue weighted by molar-refractivity contribution is 6.01. The molecule has 2 fully saturated rings. The Bertz CT molecular complexity index is 1070. The first-order chi connectivity index (χ1) is 16.0. The second kappa shape index (κ2) is 9.00. The molecular weight excluding hydrogens is 416 g/mol. The Morgan fingerprint density at radius 3 is 2.73 bits per heavy atom.